The second-order valence-electron chi connectivity index (χ2n) is 5.19. The Morgan fingerprint density at radius 2 is 2.06 bits per heavy atom. The maximum atomic E-state index is 11.1. The van der Waals surface area contributed by atoms with Gasteiger partial charge in [-0.3, -0.25) is 0 Å². The summed E-state index contributed by atoms with van der Waals surface area (Å²) >= 11 is 0. The number of aldehydes is 1. The first-order chi connectivity index (χ1) is 8.72. The summed E-state index contributed by atoms with van der Waals surface area (Å²) in [6.07, 6.45) is 10.4. The summed E-state index contributed by atoms with van der Waals surface area (Å²) in [6, 6.07) is 0. The van der Waals surface area contributed by atoms with E-state index in [-0.39, 0.29) is 12.0 Å². The van der Waals surface area contributed by atoms with Crippen molar-refractivity contribution in [2.45, 2.75) is 50.7 Å². The van der Waals surface area contributed by atoms with Crippen molar-refractivity contribution in [2.24, 2.45) is 11.8 Å². The SMILES string of the molecule is O=C[C@H]1[C@@H](CCCCC=CC(=O)O)[C@@H]2CC[C@H]1O2. The number of ether oxygens (including phenoxy) is 1. The van der Waals surface area contributed by atoms with Gasteiger partial charge in [0.05, 0.1) is 12.2 Å². The highest BCUT2D eigenvalue weighted by Gasteiger charge is 2.48. The van der Waals surface area contributed by atoms with Crippen molar-refractivity contribution in [1.82, 2.24) is 0 Å². The van der Waals surface area contributed by atoms with Crippen molar-refractivity contribution in [1.29, 1.82) is 0 Å². The van der Waals surface area contributed by atoms with Gasteiger partial charge in [0.15, 0.2) is 0 Å². The summed E-state index contributed by atoms with van der Waals surface area (Å²) < 4.78 is 5.78. The number of carbonyl (C=O) groups excluding carboxylic acids is 1. The maximum Gasteiger partial charge on any atom is 0.327 e. The number of unbranched alkanes of at least 4 members (excludes halogenated alkanes) is 2. The molecule has 2 saturated heterocycles. The van der Waals surface area contributed by atoms with Crippen molar-refractivity contribution in [3.63, 3.8) is 0 Å². The predicted molar refractivity (Wildman–Crippen MR) is 66.2 cm³/mol. The molecule has 4 atom stereocenters. The topological polar surface area (TPSA) is 63.6 Å². The number of aliphatic carboxylic acids is 1. The van der Waals surface area contributed by atoms with Gasteiger partial charge in [-0.15, -0.1) is 0 Å². The van der Waals surface area contributed by atoms with Gasteiger partial charge in [-0.2, -0.15) is 0 Å². The second-order valence-corrected chi connectivity index (χ2v) is 5.19. The largest absolute Gasteiger partial charge is 0.478 e. The van der Waals surface area contributed by atoms with E-state index in [9.17, 15) is 9.59 Å². The summed E-state index contributed by atoms with van der Waals surface area (Å²) in [6.45, 7) is 0. The van der Waals surface area contributed by atoms with Gasteiger partial charge in [-0.1, -0.05) is 12.5 Å². The average Bonchev–Trinajstić information content (AvgIpc) is 2.93. The molecular weight excluding hydrogens is 232 g/mol. The fraction of sp³-hybridized carbons (Fsp3) is 0.714. The van der Waals surface area contributed by atoms with Gasteiger partial charge in [0.25, 0.3) is 0 Å². The number of carboxylic acids is 1. The Balaban J connectivity index is 1.67. The van der Waals surface area contributed by atoms with Crippen molar-refractivity contribution in [2.75, 3.05) is 0 Å². The number of carboxylic acid groups (broad SMARTS) is 1. The first kappa shape index (κ1) is 13.3. The van der Waals surface area contributed by atoms with Crippen LogP contribution in [0.1, 0.15) is 38.5 Å². The Kier molecular flexibility index (Phi) is 4.53. The number of fused-ring (bicyclic) bond motifs is 2. The molecule has 2 heterocycles. The van der Waals surface area contributed by atoms with Gasteiger partial charge in [-0.05, 0) is 38.0 Å². The molecule has 0 aromatic carbocycles. The number of allylic oxidation sites excluding steroid dienone is 1. The first-order valence-corrected chi connectivity index (χ1v) is 6.72. The third-order valence-electron chi connectivity index (χ3n) is 4.06. The van der Waals surface area contributed by atoms with Gasteiger partial charge in [-0.25, -0.2) is 4.79 Å². The number of hydrogen-bond donors (Lipinski definition) is 1. The van der Waals surface area contributed by atoms with Crippen LogP contribution < -0.4 is 0 Å². The monoisotopic (exact) mass is 252 g/mol. The lowest BCUT2D eigenvalue weighted by atomic mass is 9.77. The molecule has 0 spiro atoms. The molecule has 0 unspecified atom stereocenters. The number of rotatable bonds is 7. The highest BCUT2D eigenvalue weighted by molar-refractivity contribution is 5.79. The van der Waals surface area contributed by atoms with Gasteiger partial charge in [0.1, 0.15) is 6.29 Å². The molecule has 2 rings (SSSR count). The smallest absolute Gasteiger partial charge is 0.327 e. The zero-order valence-corrected chi connectivity index (χ0v) is 10.5. The van der Waals surface area contributed by atoms with Crippen LogP contribution in [0.2, 0.25) is 0 Å². The lowest BCUT2D eigenvalue weighted by molar-refractivity contribution is -0.131. The Hall–Kier alpha value is -1.16. The van der Waals surface area contributed by atoms with Crippen LogP contribution in [-0.4, -0.2) is 29.6 Å². The summed E-state index contributed by atoms with van der Waals surface area (Å²) in [7, 11) is 0. The molecule has 1 N–H and O–H groups in total. The summed E-state index contributed by atoms with van der Waals surface area (Å²) in [5.74, 6) is -0.402. The standard InChI is InChI=1S/C14H20O4/c15-9-11-10(12-7-8-13(11)18-12)5-3-1-2-4-6-14(16)17/h4,6,9-13H,1-3,5,7-8H2,(H,16,17)/t10-,11+,12+,13-/m1/s1. The van der Waals surface area contributed by atoms with Crippen LogP contribution in [0.25, 0.3) is 0 Å². The highest BCUT2D eigenvalue weighted by Crippen LogP contribution is 2.44. The minimum Gasteiger partial charge on any atom is -0.478 e. The van der Waals surface area contributed by atoms with E-state index in [4.69, 9.17) is 9.84 Å². The van der Waals surface area contributed by atoms with Crippen LogP contribution >= 0.6 is 0 Å². The summed E-state index contributed by atoms with van der Waals surface area (Å²) in [5, 5.41) is 8.44. The zero-order chi connectivity index (χ0) is 13.0. The molecule has 2 fully saturated rings. The number of hydrogen-bond acceptors (Lipinski definition) is 3. The van der Waals surface area contributed by atoms with E-state index in [1.54, 1.807) is 6.08 Å². The van der Waals surface area contributed by atoms with E-state index < -0.39 is 5.97 Å². The Morgan fingerprint density at radius 1 is 1.28 bits per heavy atom. The summed E-state index contributed by atoms with van der Waals surface area (Å²) in [4.78, 5) is 21.3. The van der Waals surface area contributed by atoms with Crippen LogP contribution in [0, 0.1) is 11.8 Å². The van der Waals surface area contributed by atoms with Gasteiger partial charge >= 0.3 is 5.97 Å². The van der Waals surface area contributed by atoms with E-state index in [1.807, 2.05) is 0 Å². The van der Waals surface area contributed by atoms with Crippen LogP contribution in [-0.2, 0) is 14.3 Å². The third-order valence-corrected chi connectivity index (χ3v) is 4.06. The van der Waals surface area contributed by atoms with E-state index in [0.29, 0.717) is 12.0 Å². The quantitative estimate of drug-likeness (QED) is 0.428. The molecule has 2 bridgehead atoms. The third kappa shape index (κ3) is 2.99. The van der Waals surface area contributed by atoms with Gasteiger partial charge in [0, 0.05) is 12.0 Å². The highest BCUT2D eigenvalue weighted by atomic mass is 16.5. The molecule has 18 heavy (non-hydrogen) atoms. The second kappa shape index (κ2) is 6.14. The minimum absolute atomic E-state index is 0.0957. The molecule has 4 nitrogen and oxygen atoms in total. The van der Waals surface area contributed by atoms with E-state index in [2.05, 4.69) is 0 Å². The molecule has 0 aromatic heterocycles. The Bertz CT molecular complexity index is 337. The van der Waals surface area contributed by atoms with Crippen LogP contribution in [0.4, 0.5) is 0 Å². The molecule has 2 aliphatic heterocycles. The molecule has 100 valence electrons. The summed E-state index contributed by atoms with van der Waals surface area (Å²) in [5.41, 5.74) is 0. The molecule has 4 heteroatoms. The number of carbonyl (C=O) groups is 2. The maximum absolute atomic E-state index is 11.1. The molecule has 0 aromatic rings. The van der Waals surface area contributed by atoms with Crippen molar-refractivity contribution < 1.29 is 19.4 Å². The molecule has 2 aliphatic rings. The Morgan fingerprint density at radius 3 is 2.78 bits per heavy atom. The lowest BCUT2D eigenvalue weighted by Crippen LogP contribution is -2.28. The lowest BCUT2D eigenvalue weighted by Gasteiger charge is -2.23. The average molecular weight is 252 g/mol. The normalized spacial score (nSPS) is 34.2. The van der Waals surface area contributed by atoms with E-state index >= 15 is 0 Å². The molecule has 0 aliphatic carbocycles. The predicted octanol–water partition coefficient (Wildman–Crippen LogP) is 2.18. The van der Waals surface area contributed by atoms with Gasteiger partial charge < -0.3 is 14.6 Å². The van der Waals surface area contributed by atoms with Gasteiger partial charge in [0.2, 0.25) is 0 Å². The van der Waals surface area contributed by atoms with Crippen LogP contribution in [0.3, 0.4) is 0 Å². The van der Waals surface area contributed by atoms with Crippen LogP contribution in [0.15, 0.2) is 12.2 Å². The van der Waals surface area contributed by atoms with Crippen molar-refractivity contribution in [3.05, 3.63) is 12.2 Å². The molecular formula is C14H20O4. The van der Waals surface area contributed by atoms with E-state index in [1.165, 1.54) is 6.08 Å². The van der Waals surface area contributed by atoms with Crippen molar-refractivity contribution >= 4 is 12.3 Å². The minimum atomic E-state index is -0.891. The van der Waals surface area contributed by atoms with Crippen molar-refractivity contribution in [3.8, 4) is 0 Å². The molecule has 0 saturated carbocycles. The fourth-order valence-corrected chi connectivity index (χ4v) is 3.20. The van der Waals surface area contributed by atoms with E-state index in [0.717, 1.165) is 44.8 Å². The Labute approximate surface area is 107 Å². The fourth-order valence-electron chi connectivity index (χ4n) is 3.20. The molecule has 0 radical (unpaired) electrons. The molecule has 0 amide bonds. The first-order valence-electron chi connectivity index (χ1n) is 6.72. The van der Waals surface area contributed by atoms with Crippen LogP contribution in [0.5, 0.6) is 0 Å². The zero-order valence-electron chi connectivity index (χ0n) is 10.5.